The number of hydrogen-bond acceptors (Lipinski definition) is 4. The van der Waals surface area contributed by atoms with Gasteiger partial charge in [0.2, 0.25) is 5.91 Å². The normalized spacial score (nSPS) is 19.8. The third-order valence-electron chi connectivity index (χ3n) is 4.49. The summed E-state index contributed by atoms with van der Waals surface area (Å²) in [5.74, 6) is -0.0310. The van der Waals surface area contributed by atoms with E-state index in [0.717, 1.165) is 27.3 Å². The number of rotatable bonds is 4. The van der Waals surface area contributed by atoms with E-state index >= 15 is 0 Å². The molecule has 7 heteroatoms. The summed E-state index contributed by atoms with van der Waals surface area (Å²) in [5.41, 5.74) is 2.09. The van der Waals surface area contributed by atoms with Crippen molar-refractivity contribution in [1.82, 2.24) is 15.2 Å². The van der Waals surface area contributed by atoms with Crippen molar-refractivity contribution >= 4 is 49.9 Å². The summed E-state index contributed by atoms with van der Waals surface area (Å²) in [6, 6.07) is 6.38. The highest BCUT2D eigenvalue weighted by Gasteiger charge is 2.33. The molecule has 1 aliphatic rings. The first-order valence-electron chi connectivity index (χ1n) is 8.50. The minimum Gasteiger partial charge on any atom is -0.358 e. The number of nitrogens with one attached hydrogen (secondary N) is 2. The van der Waals surface area contributed by atoms with Crippen LogP contribution in [0.25, 0.3) is 10.2 Å². The molecule has 3 rings (SSSR count). The maximum absolute atomic E-state index is 12.3. The van der Waals surface area contributed by atoms with Gasteiger partial charge in [0.1, 0.15) is 0 Å². The Morgan fingerprint density at radius 3 is 2.96 bits per heavy atom. The number of aromatic nitrogens is 1. The molecular formula is C18H24N4OS2. The van der Waals surface area contributed by atoms with Crippen LogP contribution in [-0.2, 0) is 4.79 Å². The van der Waals surface area contributed by atoms with Crippen LogP contribution in [0.1, 0.15) is 39.2 Å². The van der Waals surface area contributed by atoms with Gasteiger partial charge in [-0.1, -0.05) is 23.5 Å². The lowest BCUT2D eigenvalue weighted by Gasteiger charge is -2.44. The fourth-order valence-electron chi connectivity index (χ4n) is 3.33. The Morgan fingerprint density at radius 1 is 1.52 bits per heavy atom. The van der Waals surface area contributed by atoms with Gasteiger partial charge in [-0.2, -0.15) is 0 Å². The van der Waals surface area contributed by atoms with Gasteiger partial charge in [-0.15, -0.1) is 0 Å². The fraction of sp³-hybridized carbons (Fsp3) is 0.500. The van der Waals surface area contributed by atoms with E-state index in [1.807, 2.05) is 25.1 Å². The maximum atomic E-state index is 12.3. The number of hydrogen-bond donors (Lipinski definition) is 2. The lowest BCUT2D eigenvalue weighted by molar-refractivity contribution is -0.116. The van der Waals surface area contributed by atoms with Crippen LogP contribution in [0.5, 0.6) is 0 Å². The molecule has 5 nitrogen and oxygen atoms in total. The Balaban J connectivity index is 1.59. The summed E-state index contributed by atoms with van der Waals surface area (Å²) < 4.78 is 1.09. The van der Waals surface area contributed by atoms with Crippen LogP contribution in [-0.4, -0.2) is 39.0 Å². The minimum atomic E-state index is -0.0310. The molecule has 1 saturated heterocycles. The molecule has 2 heterocycles. The second-order valence-electron chi connectivity index (χ2n) is 7.30. The van der Waals surface area contributed by atoms with E-state index < -0.39 is 0 Å². The zero-order valence-electron chi connectivity index (χ0n) is 15.0. The van der Waals surface area contributed by atoms with E-state index in [0.29, 0.717) is 24.1 Å². The van der Waals surface area contributed by atoms with E-state index in [4.69, 9.17) is 12.2 Å². The Labute approximate surface area is 157 Å². The van der Waals surface area contributed by atoms with Crippen molar-refractivity contribution in [1.29, 1.82) is 0 Å². The highest BCUT2D eigenvalue weighted by molar-refractivity contribution is 7.80. The van der Waals surface area contributed by atoms with Gasteiger partial charge in [0, 0.05) is 24.5 Å². The average molecular weight is 377 g/mol. The Bertz CT molecular complexity index is 815. The smallest absolute Gasteiger partial charge is 0.227 e. The molecule has 0 bridgehead atoms. The molecule has 1 aromatic heterocycles. The van der Waals surface area contributed by atoms with Crippen LogP contribution in [0.15, 0.2) is 18.2 Å². The lowest BCUT2D eigenvalue weighted by Crippen LogP contribution is -2.60. The van der Waals surface area contributed by atoms with Crippen molar-refractivity contribution in [2.45, 2.75) is 52.1 Å². The molecule has 2 N–H and O–H groups in total. The van der Waals surface area contributed by atoms with Crippen LogP contribution in [0.4, 0.5) is 5.13 Å². The number of nitrogens with zero attached hydrogens (tertiary/aromatic N) is 2. The van der Waals surface area contributed by atoms with E-state index in [-0.39, 0.29) is 11.4 Å². The summed E-state index contributed by atoms with van der Waals surface area (Å²) in [6.45, 7) is 9.09. The molecule has 134 valence electrons. The van der Waals surface area contributed by atoms with Crippen LogP contribution in [0, 0.1) is 6.92 Å². The largest absolute Gasteiger partial charge is 0.358 e. The number of aryl methyl sites for hydroxylation is 1. The molecular weight excluding hydrogens is 352 g/mol. The molecule has 1 unspecified atom stereocenters. The van der Waals surface area contributed by atoms with Crippen LogP contribution in [0.3, 0.4) is 0 Å². The molecule has 1 aromatic carbocycles. The highest BCUT2D eigenvalue weighted by atomic mass is 32.1. The molecule has 0 spiro atoms. The topological polar surface area (TPSA) is 57.3 Å². The molecule has 1 amide bonds. The number of fused-ring (bicyclic) bond motifs is 1. The van der Waals surface area contributed by atoms with Gasteiger partial charge in [-0.05, 0) is 58.0 Å². The standard InChI is InChI=1S/C18H24N4OS2/c1-11-6-5-7-13-15(11)20-16(25-13)19-14(23)8-9-22-12(2)10-18(3,4)21-17(22)24/h5-7,12H,8-10H2,1-4H3,(H,21,24)(H,19,20,23). The van der Waals surface area contributed by atoms with Crippen LogP contribution < -0.4 is 10.6 Å². The second-order valence-corrected chi connectivity index (χ2v) is 8.72. The highest BCUT2D eigenvalue weighted by Crippen LogP contribution is 2.28. The van der Waals surface area contributed by atoms with E-state index in [9.17, 15) is 4.79 Å². The SMILES string of the molecule is Cc1cccc2sc(NC(=O)CCN3C(=S)NC(C)(C)CC3C)nc12. The van der Waals surface area contributed by atoms with Crippen molar-refractivity contribution < 1.29 is 4.79 Å². The summed E-state index contributed by atoms with van der Waals surface area (Å²) in [4.78, 5) is 19.0. The number of carbonyl (C=O) groups is 1. The zero-order valence-corrected chi connectivity index (χ0v) is 16.7. The minimum absolute atomic E-state index is 0.00805. The Morgan fingerprint density at radius 2 is 2.28 bits per heavy atom. The molecule has 0 saturated carbocycles. The third-order valence-corrected chi connectivity index (χ3v) is 5.76. The van der Waals surface area contributed by atoms with Gasteiger partial charge in [0.15, 0.2) is 10.2 Å². The first-order valence-corrected chi connectivity index (χ1v) is 9.72. The molecule has 1 fully saturated rings. The quantitative estimate of drug-likeness (QED) is 0.797. The number of benzene rings is 1. The zero-order chi connectivity index (χ0) is 18.2. The van der Waals surface area contributed by atoms with Gasteiger partial charge >= 0.3 is 0 Å². The van der Waals surface area contributed by atoms with Gasteiger partial charge < -0.3 is 15.5 Å². The summed E-state index contributed by atoms with van der Waals surface area (Å²) in [7, 11) is 0. The van der Waals surface area contributed by atoms with Crippen LogP contribution >= 0.6 is 23.6 Å². The maximum Gasteiger partial charge on any atom is 0.227 e. The van der Waals surface area contributed by atoms with Gasteiger partial charge in [-0.3, -0.25) is 4.79 Å². The molecule has 2 aromatic rings. The molecule has 0 aliphatic carbocycles. The number of amides is 1. The lowest BCUT2D eigenvalue weighted by atomic mass is 9.93. The Hall–Kier alpha value is -1.73. The van der Waals surface area contributed by atoms with Crippen molar-refractivity contribution in [2.75, 3.05) is 11.9 Å². The van der Waals surface area contributed by atoms with E-state index in [2.05, 4.69) is 41.3 Å². The van der Waals surface area contributed by atoms with Gasteiger partial charge in [0.25, 0.3) is 0 Å². The predicted molar refractivity (Wildman–Crippen MR) is 108 cm³/mol. The molecule has 1 atom stereocenters. The first-order chi connectivity index (χ1) is 11.7. The number of thiazole rings is 1. The molecule has 1 aliphatic heterocycles. The number of para-hydroxylation sites is 1. The van der Waals surface area contributed by atoms with E-state index in [1.54, 1.807) is 0 Å². The number of anilines is 1. The van der Waals surface area contributed by atoms with Gasteiger partial charge in [0.05, 0.1) is 10.2 Å². The van der Waals surface area contributed by atoms with Crippen molar-refractivity contribution in [3.8, 4) is 0 Å². The summed E-state index contributed by atoms with van der Waals surface area (Å²) >= 11 is 6.97. The summed E-state index contributed by atoms with van der Waals surface area (Å²) in [6.07, 6.45) is 1.38. The summed E-state index contributed by atoms with van der Waals surface area (Å²) in [5, 5.41) is 7.66. The number of thiocarbonyl (C=S) groups is 1. The van der Waals surface area contributed by atoms with E-state index in [1.165, 1.54) is 11.3 Å². The third kappa shape index (κ3) is 4.10. The number of carbonyl (C=O) groups excluding carboxylic acids is 1. The molecule has 0 radical (unpaired) electrons. The van der Waals surface area contributed by atoms with Crippen molar-refractivity contribution in [3.63, 3.8) is 0 Å². The average Bonchev–Trinajstić information content (AvgIpc) is 2.89. The first kappa shape index (κ1) is 18.1. The van der Waals surface area contributed by atoms with Gasteiger partial charge in [-0.25, -0.2) is 4.98 Å². The second kappa shape index (κ2) is 6.88. The monoisotopic (exact) mass is 376 g/mol. The molecule has 25 heavy (non-hydrogen) atoms. The van der Waals surface area contributed by atoms with Crippen molar-refractivity contribution in [3.05, 3.63) is 23.8 Å². The Kier molecular flexibility index (Phi) is 4.97. The fourth-order valence-corrected chi connectivity index (χ4v) is 4.83. The van der Waals surface area contributed by atoms with Crippen LogP contribution in [0.2, 0.25) is 0 Å². The van der Waals surface area contributed by atoms with Crippen molar-refractivity contribution in [2.24, 2.45) is 0 Å². The predicted octanol–water partition coefficient (Wildman–Crippen LogP) is 3.68.